The zero-order valence-electron chi connectivity index (χ0n) is 8.74. The minimum Gasteiger partial charge on any atom is -0.508 e. The number of anilines is 1. The van der Waals surface area contributed by atoms with E-state index in [0.717, 1.165) is 0 Å². The van der Waals surface area contributed by atoms with Crippen LogP contribution in [0.25, 0.3) is 0 Å². The van der Waals surface area contributed by atoms with E-state index < -0.39 is 11.6 Å². The predicted octanol–water partition coefficient (Wildman–Crippen LogP) is 3.13. The lowest BCUT2D eigenvalue weighted by Crippen LogP contribution is -2.26. The third-order valence-electron chi connectivity index (χ3n) is 2.47. The van der Waals surface area contributed by atoms with Gasteiger partial charge in [-0.1, -0.05) is 6.07 Å². The summed E-state index contributed by atoms with van der Waals surface area (Å²) in [6, 6.07) is 3.75. The van der Waals surface area contributed by atoms with Crippen LogP contribution in [0, 0.1) is 11.6 Å². The van der Waals surface area contributed by atoms with Crippen LogP contribution in [0.3, 0.4) is 0 Å². The second-order valence-corrected chi connectivity index (χ2v) is 3.60. The molecule has 84 valence electrons. The van der Waals surface area contributed by atoms with Gasteiger partial charge in [-0.25, -0.2) is 8.78 Å². The number of hydrogen-bond donors (Lipinski definition) is 1. The van der Waals surface area contributed by atoms with Crippen molar-refractivity contribution in [3.05, 3.63) is 53.4 Å². The van der Waals surface area contributed by atoms with Gasteiger partial charge < -0.3 is 10.0 Å². The Balaban J connectivity index is 2.44. The summed E-state index contributed by atoms with van der Waals surface area (Å²) < 4.78 is 27.0. The van der Waals surface area contributed by atoms with Crippen molar-refractivity contribution in [1.82, 2.24) is 0 Å². The van der Waals surface area contributed by atoms with Gasteiger partial charge in [-0.15, -0.1) is 0 Å². The zero-order valence-corrected chi connectivity index (χ0v) is 8.74. The number of allylic oxidation sites excluding steroid dienone is 2. The van der Waals surface area contributed by atoms with Crippen molar-refractivity contribution in [2.45, 2.75) is 6.92 Å². The van der Waals surface area contributed by atoms with E-state index in [0.29, 0.717) is 5.70 Å². The van der Waals surface area contributed by atoms with Crippen molar-refractivity contribution in [3.8, 4) is 0 Å². The molecule has 1 aromatic carbocycles. The highest BCUT2D eigenvalue weighted by Crippen LogP contribution is 2.28. The molecule has 1 heterocycles. The van der Waals surface area contributed by atoms with Crippen LogP contribution in [0.2, 0.25) is 0 Å². The van der Waals surface area contributed by atoms with Crippen LogP contribution in [0.4, 0.5) is 14.5 Å². The summed E-state index contributed by atoms with van der Waals surface area (Å²) >= 11 is 0. The quantitative estimate of drug-likeness (QED) is 0.790. The van der Waals surface area contributed by atoms with E-state index in [9.17, 15) is 13.9 Å². The van der Waals surface area contributed by atoms with Crippen molar-refractivity contribution in [2.75, 3.05) is 11.4 Å². The number of aliphatic hydroxyl groups is 1. The van der Waals surface area contributed by atoms with E-state index in [2.05, 4.69) is 0 Å². The Morgan fingerprint density at radius 2 is 1.88 bits per heavy atom. The molecular formula is C12H11F2NO. The molecule has 1 aliphatic heterocycles. The van der Waals surface area contributed by atoms with Crippen molar-refractivity contribution in [3.63, 3.8) is 0 Å². The highest BCUT2D eigenvalue weighted by Gasteiger charge is 2.19. The summed E-state index contributed by atoms with van der Waals surface area (Å²) in [6.45, 7) is 1.95. The predicted molar refractivity (Wildman–Crippen MR) is 58.2 cm³/mol. The summed E-state index contributed by atoms with van der Waals surface area (Å²) in [7, 11) is 0. The molecule has 0 amide bonds. The van der Waals surface area contributed by atoms with E-state index in [1.54, 1.807) is 6.92 Å². The van der Waals surface area contributed by atoms with Crippen LogP contribution in [0.5, 0.6) is 0 Å². The summed E-state index contributed by atoms with van der Waals surface area (Å²) in [4.78, 5) is 1.48. The summed E-state index contributed by atoms with van der Waals surface area (Å²) in [6.07, 6.45) is 2.97. The minimum absolute atomic E-state index is 0.0833. The van der Waals surface area contributed by atoms with Gasteiger partial charge in [0.15, 0.2) is 0 Å². The topological polar surface area (TPSA) is 23.5 Å². The Morgan fingerprint density at radius 3 is 2.44 bits per heavy atom. The van der Waals surface area contributed by atoms with Crippen molar-refractivity contribution in [1.29, 1.82) is 0 Å². The molecule has 0 saturated carbocycles. The van der Waals surface area contributed by atoms with E-state index in [1.165, 1.54) is 35.3 Å². The number of aliphatic hydroxyl groups excluding tert-OH is 1. The van der Waals surface area contributed by atoms with Gasteiger partial charge in [0.2, 0.25) is 0 Å². The van der Waals surface area contributed by atoms with E-state index >= 15 is 0 Å². The third-order valence-corrected chi connectivity index (χ3v) is 2.47. The fourth-order valence-corrected chi connectivity index (χ4v) is 1.69. The molecule has 0 saturated heterocycles. The highest BCUT2D eigenvalue weighted by atomic mass is 19.1. The molecule has 2 nitrogen and oxygen atoms in total. The normalized spacial score (nSPS) is 15.8. The first kappa shape index (κ1) is 10.7. The third kappa shape index (κ3) is 1.78. The lowest BCUT2D eigenvalue weighted by molar-refractivity contribution is 0.426. The van der Waals surface area contributed by atoms with Gasteiger partial charge in [0.05, 0.1) is 0 Å². The van der Waals surface area contributed by atoms with Gasteiger partial charge in [0.25, 0.3) is 0 Å². The van der Waals surface area contributed by atoms with E-state index in [-0.39, 0.29) is 18.0 Å². The number of rotatable bonds is 1. The SMILES string of the molecule is CC1=CC(O)=CCN1c1c(F)cccc1F. The van der Waals surface area contributed by atoms with Crippen LogP contribution >= 0.6 is 0 Å². The molecule has 0 unspecified atom stereocenters. The molecule has 1 aromatic rings. The molecule has 0 bridgehead atoms. The van der Waals surface area contributed by atoms with Crippen LogP contribution < -0.4 is 4.90 Å². The molecular weight excluding hydrogens is 212 g/mol. The lowest BCUT2D eigenvalue weighted by atomic mass is 10.2. The monoisotopic (exact) mass is 223 g/mol. The summed E-state index contributed by atoms with van der Waals surface area (Å²) in [5.74, 6) is -1.10. The summed E-state index contributed by atoms with van der Waals surface area (Å²) in [5, 5.41) is 9.25. The molecule has 0 aromatic heterocycles. The maximum absolute atomic E-state index is 13.5. The fraction of sp³-hybridized carbons (Fsp3) is 0.167. The number of nitrogens with zero attached hydrogens (tertiary/aromatic N) is 1. The van der Waals surface area contributed by atoms with Crippen LogP contribution in [-0.4, -0.2) is 11.7 Å². The van der Waals surface area contributed by atoms with Crippen LogP contribution in [-0.2, 0) is 0 Å². The van der Waals surface area contributed by atoms with Gasteiger partial charge >= 0.3 is 0 Å². The summed E-state index contributed by atoms with van der Waals surface area (Å²) in [5.41, 5.74) is 0.518. The van der Waals surface area contributed by atoms with E-state index in [1.807, 2.05) is 0 Å². The lowest BCUT2D eigenvalue weighted by Gasteiger charge is -2.27. The Labute approximate surface area is 92.1 Å². The second-order valence-electron chi connectivity index (χ2n) is 3.60. The zero-order chi connectivity index (χ0) is 11.7. The fourth-order valence-electron chi connectivity index (χ4n) is 1.69. The number of benzene rings is 1. The molecule has 0 spiro atoms. The Hall–Kier alpha value is -1.84. The minimum atomic E-state index is -0.609. The van der Waals surface area contributed by atoms with Crippen LogP contribution in [0.1, 0.15) is 6.92 Å². The van der Waals surface area contributed by atoms with E-state index in [4.69, 9.17) is 0 Å². The molecule has 1 aliphatic rings. The average molecular weight is 223 g/mol. The maximum Gasteiger partial charge on any atom is 0.149 e. The van der Waals surface area contributed by atoms with Crippen molar-refractivity contribution >= 4 is 5.69 Å². The highest BCUT2D eigenvalue weighted by molar-refractivity contribution is 5.56. The van der Waals surface area contributed by atoms with Gasteiger partial charge in [0.1, 0.15) is 23.1 Å². The molecule has 0 atom stereocenters. The van der Waals surface area contributed by atoms with Gasteiger partial charge in [0, 0.05) is 12.2 Å². The second kappa shape index (κ2) is 3.96. The molecule has 2 rings (SSSR count). The van der Waals surface area contributed by atoms with Crippen LogP contribution in [0.15, 0.2) is 41.8 Å². The first-order chi connectivity index (χ1) is 7.59. The largest absolute Gasteiger partial charge is 0.508 e. The molecule has 4 heteroatoms. The number of halogens is 2. The van der Waals surface area contributed by atoms with Crippen molar-refractivity contribution < 1.29 is 13.9 Å². The molecule has 0 fully saturated rings. The maximum atomic E-state index is 13.5. The Kier molecular flexibility index (Phi) is 2.64. The van der Waals surface area contributed by atoms with Gasteiger partial charge in [-0.2, -0.15) is 0 Å². The molecule has 1 N–H and O–H groups in total. The standard InChI is InChI=1S/C12H11F2NO/c1-8-7-9(16)5-6-15(8)12-10(13)3-2-4-11(12)14/h2-5,7,16H,6H2,1H3. The first-order valence-electron chi connectivity index (χ1n) is 4.88. The van der Waals surface area contributed by atoms with Gasteiger partial charge in [-0.3, -0.25) is 0 Å². The number of para-hydroxylation sites is 1. The van der Waals surface area contributed by atoms with Crippen molar-refractivity contribution in [2.24, 2.45) is 0 Å². The molecule has 16 heavy (non-hydrogen) atoms. The first-order valence-corrected chi connectivity index (χ1v) is 4.88. The Bertz CT molecular complexity index is 460. The molecule has 0 radical (unpaired) electrons. The average Bonchev–Trinajstić information content (AvgIpc) is 2.20. The smallest absolute Gasteiger partial charge is 0.149 e. The van der Waals surface area contributed by atoms with Gasteiger partial charge in [-0.05, 0) is 31.2 Å². The molecule has 0 aliphatic carbocycles. The Morgan fingerprint density at radius 1 is 1.25 bits per heavy atom. The number of hydrogen-bond acceptors (Lipinski definition) is 2.